The lowest BCUT2D eigenvalue weighted by Gasteiger charge is -2.17. The zero-order valence-corrected chi connectivity index (χ0v) is 24.5. The molecule has 0 N–H and O–H groups in total. The quantitative estimate of drug-likeness (QED) is 0.187. The van der Waals surface area contributed by atoms with Crippen molar-refractivity contribution in [3.63, 3.8) is 0 Å². The third-order valence-corrected chi connectivity index (χ3v) is 10.4. The molecule has 0 unspecified atom stereocenters. The number of furan rings is 1. The van der Waals surface area contributed by atoms with Gasteiger partial charge in [0.2, 0.25) is 0 Å². The Morgan fingerprint density at radius 2 is 1.00 bits per heavy atom. The Morgan fingerprint density at radius 1 is 0.364 bits per heavy atom. The molecule has 0 saturated carbocycles. The second kappa shape index (κ2) is 9.03. The lowest BCUT2D eigenvalue weighted by atomic mass is 9.86. The number of rotatable bonds is 2. The maximum atomic E-state index is 6.64. The first-order valence-electron chi connectivity index (χ1n) is 15.0. The first-order chi connectivity index (χ1) is 21.8. The minimum absolute atomic E-state index is 0.919. The first kappa shape index (κ1) is 24.0. The van der Waals surface area contributed by atoms with Crippen molar-refractivity contribution in [2.24, 2.45) is 0 Å². The van der Waals surface area contributed by atoms with Gasteiger partial charge in [0, 0.05) is 36.3 Å². The van der Waals surface area contributed by atoms with Gasteiger partial charge in [0.1, 0.15) is 11.2 Å². The van der Waals surface area contributed by atoms with Gasteiger partial charge in [0.15, 0.2) is 0 Å². The zero-order chi connectivity index (χ0) is 28.8. The van der Waals surface area contributed by atoms with Crippen molar-refractivity contribution in [1.29, 1.82) is 0 Å². The van der Waals surface area contributed by atoms with E-state index in [1.54, 1.807) is 0 Å². The highest BCUT2D eigenvalue weighted by molar-refractivity contribution is 7.25. The molecule has 10 aromatic rings. The number of thiophene rings is 1. The summed E-state index contributed by atoms with van der Waals surface area (Å²) in [6, 6.07) is 53.0. The highest BCUT2D eigenvalue weighted by Crippen LogP contribution is 2.45. The van der Waals surface area contributed by atoms with Gasteiger partial charge in [-0.05, 0) is 85.6 Å². The Kier molecular flexibility index (Phi) is 4.94. The van der Waals surface area contributed by atoms with Crippen LogP contribution >= 0.6 is 11.3 Å². The van der Waals surface area contributed by atoms with E-state index in [2.05, 4.69) is 146 Å². The van der Waals surface area contributed by atoms with Crippen LogP contribution in [0.5, 0.6) is 0 Å². The Morgan fingerprint density at radius 3 is 1.73 bits per heavy atom. The molecule has 204 valence electrons. The van der Waals surface area contributed by atoms with Crippen molar-refractivity contribution in [3.05, 3.63) is 146 Å². The molecule has 0 amide bonds. The number of hydrogen-bond acceptors (Lipinski definition) is 2. The highest BCUT2D eigenvalue weighted by Gasteiger charge is 2.18. The normalized spacial score (nSPS) is 12.1. The van der Waals surface area contributed by atoms with Crippen LogP contribution in [0.1, 0.15) is 0 Å². The summed E-state index contributed by atoms with van der Waals surface area (Å²) in [6.45, 7) is 0. The average Bonchev–Trinajstić information content (AvgIpc) is 3.64. The zero-order valence-electron chi connectivity index (χ0n) is 23.7. The minimum atomic E-state index is 0.919. The van der Waals surface area contributed by atoms with Gasteiger partial charge in [-0.15, -0.1) is 11.3 Å². The molecule has 2 heteroatoms. The molecule has 8 aromatic carbocycles. The Balaban J connectivity index is 1.25. The molecule has 1 nitrogen and oxygen atoms in total. The molecule has 2 heterocycles. The molecule has 0 aliphatic carbocycles. The fraction of sp³-hybridized carbons (Fsp3) is 0. The average molecular weight is 577 g/mol. The molecule has 0 fully saturated rings. The lowest BCUT2D eigenvalue weighted by molar-refractivity contribution is 0.673. The molecule has 10 rings (SSSR count). The summed E-state index contributed by atoms with van der Waals surface area (Å²) in [4.78, 5) is 0. The van der Waals surface area contributed by atoms with Gasteiger partial charge in [0.05, 0.1) is 0 Å². The molecule has 0 atom stereocenters. The number of hydrogen-bond donors (Lipinski definition) is 0. The van der Waals surface area contributed by atoms with Crippen LogP contribution in [0, 0.1) is 0 Å². The molecule has 0 aliphatic rings. The lowest BCUT2D eigenvalue weighted by Crippen LogP contribution is -1.90. The van der Waals surface area contributed by atoms with Gasteiger partial charge in [0.25, 0.3) is 0 Å². The topological polar surface area (TPSA) is 13.1 Å². The smallest absolute Gasteiger partial charge is 0.143 e. The molecule has 0 spiro atoms. The molecule has 0 bridgehead atoms. The van der Waals surface area contributed by atoms with E-state index in [1.165, 1.54) is 74.7 Å². The third-order valence-electron chi connectivity index (χ3n) is 9.23. The predicted molar refractivity (Wildman–Crippen MR) is 190 cm³/mol. The van der Waals surface area contributed by atoms with Gasteiger partial charge in [-0.3, -0.25) is 0 Å². The van der Waals surface area contributed by atoms with Crippen molar-refractivity contribution in [1.82, 2.24) is 0 Å². The van der Waals surface area contributed by atoms with E-state index in [4.69, 9.17) is 4.42 Å². The van der Waals surface area contributed by atoms with Crippen LogP contribution in [-0.2, 0) is 0 Å². The summed E-state index contributed by atoms with van der Waals surface area (Å²) in [7, 11) is 0. The van der Waals surface area contributed by atoms with Crippen molar-refractivity contribution in [3.8, 4) is 22.3 Å². The van der Waals surface area contributed by atoms with E-state index in [0.29, 0.717) is 0 Å². The maximum Gasteiger partial charge on any atom is 0.143 e. The van der Waals surface area contributed by atoms with Crippen LogP contribution in [0.4, 0.5) is 0 Å². The fourth-order valence-electron chi connectivity index (χ4n) is 7.29. The van der Waals surface area contributed by atoms with E-state index in [-0.39, 0.29) is 0 Å². The Bertz CT molecular complexity index is 2710. The van der Waals surface area contributed by atoms with E-state index < -0.39 is 0 Å². The van der Waals surface area contributed by atoms with Crippen LogP contribution in [-0.4, -0.2) is 0 Å². The van der Waals surface area contributed by atoms with Crippen LogP contribution in [0.15, 0.2) is 150 Å². The van der Waals surface area contributed by atoms with Gasteiger partial charge in [-0.25, -0.2) is 0 Å². The van der Waals surface area contributed by atoms with Crippen molar-refractivity contribution in [2.45, 2.75) is 0 Å². The van der Waals surface area contributed by atoms with E-state index in [0.717, 1.165) is 21.9 Å². The van der Waals surface area contributed by atoms with E-state index >= 15 is 0 Å². The number of fused-ring (bicyclic) bond motifs is 10. The number of benzene rings is 8. The monoisotopic (exact) mass is 576 g/mol. The van der Waals surface area contributed by atoms with Crippen LogP contribution in [0.2, 0.25) is 0 Å². The van der Waals surface area contributed by atoms with Crippen molar-refractivity contribution < 1.29 is 4.42 Å². The summed E-state index contributed by atoms with van der Waals surface area (Å²) >= 11 is 1.85. The van der Waals surface area contributed by atoms with Crippen molar-refractivity contribution in [2.75, 3.05) is 0 Å². The molecule has 0 saturated heterocycles. The van der Waals surface area contributed by atoms with Gasteiger partial charge in [-0.2, -0.15) is 0 Å². The highest BCUT2D eigenvalue weighted by atomic mass is 32.1. The Hall–Kier alpha value is -5.44. The Labute approximate surface area is 257 Å². The van der Waals surface area contributed by atoms with Gasteiger partial charge >= 0.3 is 0 Å². The summed E-state index contributed by atoms with van der Waals surface area (Å²) in [5.74, 6) is 0. The SMILES string of the molecule is c1ccc(-c2c3ccccc3c(-c3ccc4oc5c6cc7sc8ccccc8c7cc6ccc5c4c3)c3ccccc23)cc1. The summed E-state index contributed by atoms with van der Waals surface area (Å²) in [5, 5.41) is 12.4. The second-order valence-electron chi connectivity index (χ2n) is 11.6. The summed E-state index contributed by atoms with van der Waals surface area (Å²) in [6.07, 6.45) is 0. The van der Waals surface area contributed by atoms with Gasteiger partial charge < -0.3 is 4.42 Å². The third kappa shape index (κ3) is 3.35. The summed E-state index contributed by atoms with van der Waals surface area (Å²) in [5.41, 5.74) is 6.87. The standard InChI is InChI=1S/C42H24OS/c1-2-10-25(11-3-1)40-29-13-4-6-15-31(29)41(32-16-7-5-14-30(32)40)27-19-21-37-35(23-27)33-20-18-26-22-36-28-12-8-9-17-38(28)44-39(36)24-34(26)42(33)43-37/h1-24H. The maximum absolute atomic E-state index is 6.64. The van der Waals surface area contributed by atoms with Crippen LogP contribution in [0.25, 0.3) is 96.7 Å². The molecule has 2 aromatic heterocycles. The fourth-order valence-corrected chi connectivity index (χ4v) is 8.42. The molecular weight excluding hydrogens is 553 g/mol. The van der Waals surface area contributed by atoms with Gasteiger partial charge in [-0.1, -0.05) is 109 Å². The molecular formula is C42H24OS. The predicted octanol–water partition coefficient (Wildman–Crippen LogP) is 12.7. The van der Waals surface area contributed by atoms with Crippen LogP contribution < -0.4 is 0 Å². The largest absolute Gasteiger partial charge is 0.455 e. The molecule has 44 heavy (non-hydrogen) atoms. The van der Waals surface area contributed by atoms with E-state index in [9.17, 15) is 0 Å². The first-order valence-corrected chi connectivity index (χ1v) is 15.8. The van der Waals surface area contributed by atoms with Crippen molar-refractivity contribution >= 4 is 85.8 Å². The second-order valence-corrected chi connectivity index (χ2v) is 12.7. The molecule has 0 aliphatic heterocycles. The minimum Gasteiger partial charge on any atom is -0.455 e. The van der Waals surface area contributed by atoms with Crippen LogP contribution in [0.3, 0.4) is 0 Å². The summed E-state index contributed by atoms with van der Waals surface area (Å²) < 4.78 is 9.25. The molecule has 0 radical (unpaired) electrons. The van der Waals surface area contributed by atoms with E-state index in [1.807, 2.05) is 11.3 Å².